The summed E-state index contributed by atoms with van der Waals surface area (Å²) in [7, 11) is 0. The lowest BCUT2D eigenvalue weighted by atomic mass is 10.2. The topological polar surface area (TPSA) is 59.8 Å². The number of hydrogen-bond donors (Lipinski definition) is 1. The van der Waals surface area contributed by atoms with Gasteiger partial charge in [-0.2, -0.15) is 5.10 Å². The maximum absolute atomic E-state index is 13.5. The number of pyridine rings is 1. The van der Waals surface area contributed by atoms with Crippen molar-refractivity contribution in [2.75, 3.05) is 5.32 Å². The molecule has 0 fully saturated rings. The molecule has 1 aromatic carbocycles. The molecular formula is C19H17FN4O. The maximum Gasteiger partial charge on any atom is 0.248 e. The average Bonchev–Trinajstić information content (AvgIpc) is 2.93. The second-order valence-electron chi connectivity index (χ2n) is 5.59. The summed E-state index contributed by atoms with van der Waals surface area (Å²) in [4.78, 5) is 16.3. The van der Waals surface area contributed by atoms with E-state index in [9.17, 15) is 9.18 Å². The number of aryl methyl sites for hydroxylation is 2. The van der Waals surface area contributed by atoms with E-state index in [2.05, 4.69) is 15.4 Å². The van der Waals surface area contributed by atoms with Gasteiger partial charge >= 0.3 is 0 Å². The zero-order chi connectivity index (χ0) is 17.8. The van der Waals surface area contributed by atoms with E-state index in [1.54, 1.807) is 41.2 Å². The lowest BCUT2D eigenvalue weighted by Gasteiger charge is -2.05. The zero-order valence-corrected chi connectivity index (χ0v) is 13.9. The molecule has 5 nitrogen and oxygen atoms in total. The number of nitrogens with one attached hydrogen (secondary N) is 1. The number of benzene rings is 1. The van der Waals surface area contributed by atoms with Crippen LogP contribution in [0.5, 0.6) is 0 Å². The molecule has 0 bridgehead atoms. The fourth-order valence-corrected chi connectivity index (χ4v) is 2.41. The molecule has 2 heterocycles. The van der Waals surface area contributed by atoms with E-state index < -0.39 is 0 Å². The molecule has 0 aliphatic rings. The summed E-state index contributed by atoms with van der Waals surface area (Å²) in [6.07, 6.45) is 4.27. The SMILES string of the molecule is Cc1cc(C)n(-c2ccc(NC(=O)/C=C/c3ccccc3F)cn2)n1. The summed E-state index contributed by atoms with van der Waals surface area (Å²) >= 11 is 0. The van der Waals surface area contributed by atoms with Gasteiger partial charge in [0.15, 0.2) is 5.82 Å². The number of amides is 1. The molecule has 3 rings (SSSR count). The van der Waals surface area contributed by atoms with Crippen molar-refractivity contribution in [2.24, 2.45) is 0 Å². The molecule has 1 amide bonds. The molecule has 2 aromatic heterocycles. The highest BCUT2D eigenvalue weighted by atomic mass is 19.1. The van der Waals surface area contributed by atoms with Crippen LogP contribution in [0, 0.1) is 19.7 Å². The van der Waals surface area contributed by atoms with E-state index in [0.29, 0.717) is 17.1 Å². The number of rotatable bonds is 4. The van der Waals surface area contributed by atoms with Gasteiger partial charge in [-0.05, 0) is 44.2 Å². The third kappa shape index (κ3) is 3.98. The van der Waals surface area contributed by atoms with Crippen LogP contribution in [0.1, 0.15) is 17.0 Å². The molecule has 0 spiro atoms. The van der Waals surface area contributed by atoms with Gasteiger partial charge in [-0.1, -0.05) is 18.2 Å². The number of nitrogens with zero attached hydrogens (tertiary/aromatic N) is 3. The standard InChI is InChI=1S/C19H17FN4O/c1-13-11-14(2)24(23-13)18-9-8-16(12-21-18)22-19(25)10-7-15-5-3-4-6-17(15)20/h3-12H,1-2H3,(H,22,25)/b10-7+. The quantitative estimate of drug-likeness (QED) is 0.740. The lowest BCUT2D eigenvalue weighted by Crippen LogP contribution is -2.09. The van der Waals surface area contributed by atoms with E-state index in [1.807, 2.05) is 19.9 Å². The van der Waals surface area contributed by atoms with Gasteiger partial charge < -0.3 is 5.32 Å². The number of carbonyl (C=O) groups is 1. The van der Waals surface area contributed by atoms with Gasteiger partial charge in [0, 0.05) is 17.3 Å². The van der Waals surface area contributed by atoms with Gasteiger partial charge in [0.25, 0.3) is 0 Å². The zero-order valence-electron chi connectivity index (χ0n) is 13.9. The molecule has 126 valence electrons. The van der Waals surface area contributed by atoms with E-state index in [0.717, 1.165) is 11.4 Å². The van der Waals surface area contributed by atoms with Crippen LogP contribution in [-0.4, -0.2) is 20.7 Å². The largest absolute Gasteiger partial charge is 0.321 e. The predicted octanol–water partition coefficient (Wildman–Crippen LogP) is 3.68. The highest BCUT2D eigenvalue weighted by Crippen LogP contribution is 2.13. The van der Waals surface area contributed by atoms with E-state index in [1.165, 1.54) is 18.2 Å². The Hall–Kier alpha value is -3.28. The molecule has 0 atom stereocenters. The fraction of sp³-hybridized carbons (Fsp3) is 0.105. The van der Waals surface area contributed by atoms with Crippen LogP contribution < -0.4 is 5.32 Å². The fourth-order valence-electron chi connectivity index (χ4n) is 2.41. The predicted molar refractivity (Wildman–Crippen MR) is 94.9 cm³/mol. The number of anilines is 1. The second kappa shape index (κ2) is 7.09. The molecule has 25 heavy (non-hydrogen) atoms. The molecule has 0 unspecified atom stereocenters. The van der Waals surface area contributed by atoms with Crippen molar-refractivity contribution in [2.45, 2.75) is 13.8 Å². The normalized spacial score (nSPS) is 11.0. The second-order valence-corrected chi connectivity index (χ2v) is 5.59. The summed E-state index contributed by atoms with van der Waals surface area (Å²) in [6.45, 7) is 3.87. The van der Waals surface area contributed by atoms with Crippen LogP contribution in [-0.2, 0) is 4.79 Å². The number of halogens is 1. The molecule has 0 aliphatic carbocycles. The first-order valence-electron chi connectivity index (χ1n) is 7.76. The van der Waals surface area contributed by atoms with Crippen LogP contribution >= 0.6 is 0 Å². The van der Waals surface area contributed by atoms with Gasteiger partial charge in [0.2, 0.25) is 5.91 Å². The van der Waals surface area contributed by atoms with Gasteiger partial charge in [0.1, 0.15) is 5.82 Å². The minimum atomic E-state index is -0.373. The number of aromatic nitrogens is 3. The van der Waals surface area contributed by atoms with Crippen LogP contribution in [0.15, 0.2) is 54.7 Å². The Morgan fingerprint density at radius 3 is 2.64 bits per heavy atom. The Morgan fingerprint density at radius 1 is 1.20 bits per heavy atom. The Morgan fingerprint density at radius 2 is 2.00 bits per heavy atom. The van der Waals surface area contributed by atoms with Gasteiger partial charge in [0.05, 0.1) is 17.6 Å². The van der Waals surface area contributed by atoms with Crippen LogP contribution in [0.3, 0.4) is 0 Å². The first-order valence-corrected chi connectivity index (χ1v) is 7.76. The molecule has 6 heteroatoms. The van der Waals surface area contributed by atoms with Crippen LogP contribution in [0.2, 0.25) is 0 Å². The minimum absolute atomic E-state index is 0.357. The van der Waals surface area contributed by atoms with Crippen molar-refractivity contribution in [3.05, 3.63) is 77.5 Å². The van der Waals surface area contributed by atoms with Crippen molar-refractivity contribution in [3.8, 4) is 5.82 Å². The number of carbonyl (C=O) groups excluding carboxylic acids is 1. The minimum Gasteiger partial charge on any atom is -0.321 e. The highest BCUT2D eigenvalue weighted by Gasteiger charge is 2.06. The van der Waals surface area contributed by atoms with E-state index in [4.69, 9.17) is 0 Å². The van der Waals surface area contributed by atoms with Gasteiger partial charge in [-0.3, -0.25) is 4.79 Å². The molecule has 0 saturated carbocycles. The summed E-state index contributed by atoms with van der Waals surface area (Å²) in [6, 6.07) is 11.7. The first-order chi connectivity index (χ1) is 12.0. The molecular weight excluding hydrogens is 319 g/mol. The van der Waals surface area contributed by atoms with Crippen molar-refractivity contribution in [3.63, 3.8) is 0 Å². The first kappa shape index (κ1) is 16.6. The summed E-state index contributed by atoms with van der Waals surface area (Å²) in [5.74, 6) is -0.0585. The van der Waals surface area contributed by atoms with Crippen LogP contribution in [0.4, 0.5) is 10.1 Å². The molecule has 0 radical (unpaired) electrons. The van der Waals surface area contributed by atoms with Crippen molar-refractivity contribution < 1.29 is 9.18 Å². The smallest absolute Gasteiger partial charge is 0.248 e. The Balaban J connectivity index is 1.68. The number of hydrogen-bond acceptors (Lipinski definition) is 3. The summed E-state index contributed by atoms with van der Waals surface area (Å²) < 4.78 is 15.2. The maximum atomic E-state index is 13.5. The third-order valence-electron chi connectivity index (χ3n) is 3.56. The summed E-state index contributed by atoms with van der Waals surface area (Å²) in [5.41, 5.74) is 2.80. The monoisotopic (exact) mass is 336 g/mol. The Labute approximate surface area is 144 Å². The Bertz CT molecular complexity index is 929. The molecule has 0 saturated heterocycles. The molecule has 0 aliphatic heterocycles. The molecule has 1 N–H and O–H groups in total. The van der Waals surface area contributed by atoms with Crippen molar-refractivity contribution in [1.82, 2.24) is 14.8 Å². The lowest BCUT2D eigenvalue weighted by molar-refractivity contribution is -0.111. The van der Waals surface area contributed by atoms with Crippen molar-refractivity contribution >= 4 is 17.7 Å². The third-order valence-corrected chi connectivity index (χ3v) is 3.56. The van der Waals surface area contributed by atoms with Gasteiger partial charge in [-0.15, -0.1) is 0 Å². The summed E-state index contributed by atoms with van der Waals surface area (Å²) in [5, 5.41) is 7.05. The average molecular weight is 336 g/mol. The van der Waals surface area contributed by atoms with E-state index in [-0.39, 0.29) is 11.7 Å². The van der Waals surface area contributed by atoms with Crippen LogP contribution in [0.25, 0.3) is 11.9 Å². The van der Waals surface area contributed by atoms with Gasteiger partial charge in [-0.25, -0.2) is 14.1 Å². The Kier molecular flexibility index (Phi) is 4.70. The highest BCUT2D eigenvalue weighted by molar-refractivity contribution is 6.01. The van der Waals surface area contributed by atoms with Crippen molar-refractivity contribution in [1.29, 1.82) is 0 Å². The molecule has 3 aromatic rings. The van der Waals surface area contributed by atoms with E-state index >= 15 is 0 Å².